The lowest BCUT2D eigenvalue weighted by atomic mass is 9.60. The molecule has 1 aliphatic carbocycles. The van der Waals surface area contributed by atoms with Crippen LogP contribution in [0.4, 0.5) is 4.39 Å². The van der Waals surface area contributed by atoms with Gasteiger partial charge in [-0.2, -0.15) is 0 Å². The highest BCUT2D eigenvalue weighted by molar-refractivity contribution is 7.18. The van der Waals surface area contributed by atoms with Gasteiger partial charge in [-0.05, 0) is 54.7 Å². The van der Waals surface area contributed by atoms with E-state index in [9.17, 15) is 4.39 Å². The van der Waals surface area contributed by atoms with Crippen molar-refractivity contribution in [1.29, 1.82) is 0 Å². The highest BCUT2D eigenvalue weighted by Crippen LogP contribution is 2.54. The summed E-state index contributed by atoms with van der Waals surface area (Å²) < 4.78 is 14.5. The molecule has 0 heterocycles. The van der Waals surface area contributed by atoms with Crippen LogP contribution in [0.25, 0.3) is 5.70 Å². The summed E-state index contributed by atoms with van der Waals surface area (Å²) in [5.41, 5.74) is 5.53. The fraction of sp³-hybridized carbons (Fsp3) is 0.517. The molecule has 0 amide bonds. The van der Waals surface area contributed by atoms with Crippen molar-refractivity contribution in [3.05, 3.63) is 77.4 Å². The monoisotopic (exact) mass is 453 g/mol. The average Bonchev–Trinajstić information content (AvgIpc) is 2.76. The van der Waals surface area contributed by atoms with Crippen LogP contribution in [0.15, 0.2) is 55.1 Å². The minimum absolute atomic E-state index is 0.254. The molecule has 2 aromatic carbocycles. The minimum Gasteiger partial charge on any atom is -0.378 e. The van der Waals surface area contributed by atoms with E-state index < -0.39 is 5.41 Å². The van der Waals surface area contributed by atoms with Gasteiger partial charge in [-0.1, -0.05) is 110 Å². The molecule has 1 fully saturated rings. The van der Waals surface area contributed by atoms with Crippen molar-refractivity contribution < 1.29 is 4.39 Å². The lowest BCUT2D eigenvalue weighted by Crippen LogP contribution is -2.42. The zero-order valence-electron chi connectivity index (χ0n) is 20.2. The van der Waals surface area contributed by atoms with Crippen LogP contribution in [0.5, 0.6) is 0 Å². The van der Waals surface area contributed by atoms with E-state index in [0.717, 1.165) is 23.2 Å². The lowest BCUT2D eigenvalue weighted by molar-refractivity contribution is 0.0667. The normalized spacial score (nSPS) is 17.8. The molecule has 32 heavy (non-hydrogen) atoms. The molecular formula is C29H41FNP. The molecule has 1 N–H and O–H groups in total. The highest BCUT2D eigenvalue weighted by Gasteiger charge is 2.44. The largest absolute Gasteiger partial charge is 0.378 e. The number of benzene rings is 2. The molecule has 3 rings (SSSR count). The number of alkyl halides is 1. The van der Waals surface area contributed by atoms with Crippen LogP contribution in [-0.4, -0.2) is 0 Å². The van der Waals surface area contributed by atoms with Gasteiger partial charge in [-0.15, -0.1) is 0 Å². The summed E-state index contributed by atoms with van der Waals surface area (Å²) in [6, 6.07) is 17.1. The van der Waals surface area contributed by atoms with E-state index in [-0.39, 0.29) is 6.04 Å². The number of hydrogen-bond acceptors (Lipinski definition) is 1. The van der Waals surface area contributed by atoms with E-state index in [1.54, 1.807) is 6.92 Å². The maximum Gasteiger partial charge on any atom is 0.145 e. The molecular weight excluding hydrogens is 412 g/mol. The second-order valence-corrected chi connectivity index (χ2v) is 10.9. The molecule has 0 bridgehead atoms. The van der Waals surface area contributed by atoms with Crippen LogP contribution in [0.2, 0.25) is 0 Å². The second-order valence-electron chi connectivity index (χ2n) is 9.79. The van der Waals surface area contributed by atoms with Crippen LogP contribution < -0.4 is 5.32 Å². The third kappa shape index (κ3) is 5.82. The predicted octanol–water partition coefficient (Wildman–Crippen LogP) is 8.71. The van der Waals surface area contributed by atoms with Crippen molar-refractivity contribution >= 4 is 14.9 Å². The van der Waals surface area contributed by atoms with Gasteiger partial charge in [0.05, 0.1) is 6.04 Å². The molecule has 1 aliphatic rings. The van der Waals surface area contributed by atoms with Gasteiger partial charge in [0.25, 0.3) is 0 Å². The number of nitrogens with one attached hydrogen (secondary N) is 1. The van der Waals surface area contributed by atoms with Crippen LogP contribution >= 0.6 is 9.24 Å². The Bertz CT molecular complexity index is 880. The Balaban J connectivity index is 1.88. The van der Waals surface area contributed by atoms with Gasteiger partial charge < -0.3 is 5.32 Å². The standard InChI is InChI=1S/C29H41FNP/c1-5-7-8-12-18-29(19-13-20-29)27(24-14-10-9-11-15-24)31-22(3)26-17-16-25(28(4,30)32)21-23(26)6-2/h9-11,14-17,21,27,31H,3,5-8,12-13,18-20,32H2,1-2,4H3. The van der Waals surface area contributed by atoms with E-state index in [1.807, 2.05) is 18.2 Å². The Kier molecular flexibility index (Phi) is 8.56. The number of halogens is 1. The van der Waals surface area contributed by atoms with Crippen molar-refractivity contribution in [3.8, 4) is 0 Å². The Morgan fingerprint density at radius 1 is 1.12 bits per heavy atom. The summed E-state index contributed by atoms with van der Waals surface area (Å²) in [5, 5.41) is 2.45. The first-order valence-corrected chi connectivity index (χ1v) is 13.0. The SMILES string of the molecule is C=C(NC(c1ccccc1)C1(CCCCCC)CCC1)c1ccc(C(C)(F)P)cc1CC. The van der Waals surface area contributed by atoms with Gasteiger partial charge in [0.2, 0.25) is 0 Å². The molecule has 1 nitrogen and oxygen atoms in total. The average molecular weight is 454 g/mol. The minimum atomic E-state index is -1.42. The highest BCUT2D eigenvalue weighted by atomic mass is 31.0. The van der Waals surface area contributed by atoms with Gasteiger partial charge >= 0.3 is 0 Å². The summed E-state index contributed by atoms with van der Waals surface area (Å²) >= 11 is 0. The summed E-state index contributed by atoms with van der Waals surface area (Å²) in [6.45, 7) is 10.5. The molecule has 3 heteroatoms. The summed E-state index contributed by atoms with van der Waals surface area (Å²) in [6.07, 6.45) is 11.2. The molecule has 1 saturated carbocycles. The summed E-state index contributed by atoms with van der Waals surface area (Å²) in [5.74, 6) is 0. The molecule has 174 valence electrons. The van der Waals surface area contributed by atoms with Crippen molar-refractivity contribution in [1.82, 2.24) is 5.32 Å². The Morgan fingerprint density at radius 3 is 2.41 bits per heavy atom. The van der Waals surface area contributed by atoms with Gasteiger partial charge in [0.15, 0.2) is 0 Å². The first kappa shape index (κ1) is 25.0. The molecule has 3 unspecified atom stereocenters. The predicted molar refractivity (Wildman–Crippen MR) is 140 cm³/mol. The molecule has 0 aliphatic heterocycles. The molecule has 3 atom stereocenters. The van der Waals surface area contributed by atoms with Crippen molar-refractivity contribution in [2.75, 3.05) is 0 Å². The topological polar surface area (TPSA) is 12.0 Å². The van der Waals surface area contributed by atoms with E-state index >= 15 is 0 Å². The molecule has 0 radical (unpaired) electrons. The fourth-order valence-corrected chi connectivity index (χ4v) is 5.37. The quantitative estimate of drug-likeness (QED) is 0.250. The molecule has 2 aromatic rings. The second kappa shape index (κ2) is 11.0. The maximum atomic E-state index is 14.5. The van der Waals surface area contributed by atoms with Gasteiger partial charge in [0.1, 0.15) is 5.41 Å². The molecule has 0 aromatic heterocycles. The van der Waals surface area contributed by atoms with Gasteiger partial charge in [0, 0.05) is 11.3 Å². The molecule has 0 spiro atoms. The van der Waals surface area contributed by atoms with Crippen molar-refractivity contribution in [3.63, 3.8) is 0 Å². The zero-order chi connectivity index (χ0) is 23.2. The Hall–Kier alpha value is -1.66. The van der Waals surface area contributed by atoms with Crippen molar-refractivity contribution in [2.24, 2.45) is 5.41 Å². The summed E-state index contributed by atoms with van der Waals surface area (Å²) in [4.78, 5) is 0. The summed E-state index contributed by atoms with van der Waals surface area (Å²) in [7, 11) is 2.30. The van der Waals surface area contributed by atoms with Crippen molar-refractivity contribution in [2.45, 2.75) is 90.0 Å². The van der Waals surface area contributed by atoms with E-state index in [2.05, 4.69) is 65.3 Å². The van der Waals surface area contributed by atoms with Crippen LogP contribution in [0.3, 0.4) is 0 Å². The van der Waals surface area contributed by atoms with Crippen LogP contribution in [-0.2, 0) is 11.8 Å². The van der Waals surface area contributed by atoms with Gasteiger partial charge in [-0.3, -0.25) is 0 Å². The number of aryl methyl sites for hydroxylation is 1. The number of unbranched alkanes of at least 4 members (excludes halogenated alkanes) is 3. The Morgan fingerprint density at radius 2 is 1.84 bits per heavy atom. The first-order chi connectivity index (χ1) is 15.3. The molecule has 0 saturated heterocycles. The zero-order valence-corrected chi connectivity index (χ0v) is 21.4. The Labute approximate surface area is 197 Å². The van der Waals surface area contributed by atoms with Crippen LogP contribution in [0.1, 0.15) is 100 Å². The maximum absolute atomic E-state index is 14.5. The third-order valence-corrected chi connectivity index (χ3v) is 7.65. The van der Waals surface area contributed by atoms with E-state index in [4.69, 9.17) is 0 Å². The van der Waals surface area contributed by atoms with E-state index in [1.165, 1.54) is 56.9 Å². The van der Waals surface area contributed by atoms with Crippen LogP contribution in [0, 0.1) is 5.41 Å². The first-order valence-electron chi connectivity index (χ1n) is 12.4. The number of hydrogen-bond donors (Lipinski definition) is 1. The lowest BCUT2D eigenvalue weighted by Gasteiger charge is -2.49. The third-order valence-electron chi connectivity index (χ3n) is 7.32. The van der Waals surface area contributed by atoms with Gasteiger partial charge in [-0.25, -0.2) is 4.39 Å². The smallest absolute Gasteiger partial charge is 0.145 e. The number of rotatable bonds is 12. The van der Waals surface area contributed by atoms with E-state index in [0.29, 0.717) is 11.0 Å². The fourth-order valence-electron chi connectivity index (χ4n) is 5.19.